The van der Waals surface area contributed by atoms with E-state index < -0.39 is 11.7 Å². The molecule has 2 aromatic carbocycles. The van der Waals surface area contributed by atoms with Crippen molar-refractivity contribution < 1.29 is 22.7 Å². The van der Waals surface area contributed by atoms with E-state index in [0.29, 0.717) is 28.3 Å². The van der Waals surface area contributed by atoms with Crippen LogP contribution in [0.2, 0.25) is 5.02 Å². The Bertz CT molecular complexity index is 1140. The Labute approximate surface area is 207 Å². The van der Waals surface area contributed by atoms with Gasteiger partial charge in [0.25, 0.3) is 5.91 Å². The highest BCUT2D eigenvalue weighted by Gasteiger charge is 2.33. The Kier molecular flexibility index (Phi) is 10.0. The molecule has 0 aliphatic carbocycles. The van der Waals surface area contributed by atoms with E-state index in [1.807, 2.05) is 26.0 Å². The molecule has 0 unspecified atom stereocenters. The number of amides is 1. The number of pyridine rings is 1. The summed E-state index contributed by atoms with van der Waals surface area (Å²) >= 11 is 11.0. The summed E-state index contributed by atoms with van der Waals surface area (Å²) in [5.74, 6) is 0.702. The van der Waals surface area contributed by atoms with Crippen LogP contribution in [0.25, 0.3) is 0 Å². The number of carbonyl (C=O) groups excluding carboxylic acids is 1. The number of alkyl halides is 3. The number of nitrogens with one attached hydrogen (secondary N) is 1. The second-order valence-corrected chi connectivity index (χ2v) is 7.89. The second kappa shape index (κ2) is 12.5. The van der Waals surface area contributed by atoms with Crippen LogP contribution >= 0.6 is 23.8 Å². The van der Waals surface area contributed by atoms with E-state index in [1.54, 1.807) is 24.3 Å². The highest BCUT2D eigenvalue weighted by Crippen LogP contribution is 2.35. The maximum absolute atomic E-state index is 13.0. The van der Waals surface area contributed by atoms with Crippen molar-refractivity contribution in [2.45, 2.75) is 32.9 Å². The van der Waals surface area contributed by atoms with Crippen molar-refractivity contribution in [3.63, 3.8) is 0 Å². The summed E-state index contributed by atoms with van der Waals surface area (Å²) in [6.45, 7) is 4.00. The number of thiocarbonyl (C=S) groups is 1. The fraction of sp³-hybridized carbons (Fsp3) is 0.240. The zero-order chi connectivity index (χ0) is 25.3. The molecule has 1 N–H and O–H groups in total. The summed E-state index contributed by atoms with van der Waals surface area (Å²) in [6, 6.07) is 14.1. The van der Waals surface area contributed by atoms with Gasteiger partial charge in [0.05, 0.1) is 10.6 Å². The van der Waals surface area contributed by atoms with Crippen LogP contribution in [-0.2, 0) is 19.0 Å². The molecular weight excluding hydrogens is 485 g/mol. The molecule has 0 spiro atoms. The molecule has 34 heavy (non-hydrogen) atoms. The smallest absolute Gasteiger partial charge is 0.417 e. The molecule has 0 fully saturated rings. The molecule has 4 nitrogen and oxygen atoms in total. The van der Waals surface area contributed by atoms with Gasteiger partial charge in [0, 0.05) is 37.0 Å². The quantitative estimate of drug-likeness (QED) is 0.346. The van der Waals surface area contributed by atoms with Crippen LogP contribution in [0.4, 0.5) is 13.2 Å². The van der Waals surface area contributed by atoms with E-state index in [2.05, 4.69) is 10.3 Å². The number of hydrogen-bond donors (Lipinski definition) is 1. The Morgan fingerprint density at radius 1 is 1.00 bits per heavy atom. The van der Waals surface area contributed by atoms with Crippen molar-refractivity contribution >= 4 is 34.6 Å². The van der Waals surface area contributed by atoms with E-state index in [9.17, 15) is 18.0 Å². The molecule has 0 saturated heterocycles. The predicted octanol–water partition coefficient (Wildman–Crippen LogP) is 7.09. The minimum atomic E-state index is -4.51. The Morgan fingerprint density at radius 3 is 2.24 bits per heavy atom. The van der Waals surface area contributed by atoms with Crippen molar-refractivity contribution in [3.05, 3.63) is 88.2 Å². The minimum absolute atomic E-state index is 0.229. The highest BCUT2D eigenvalue weighted by molar-refractivity contribution is 7.80. The van der Waals surface area contributed by atoms with Crippen molar-refractivity contribution in [3.8, 4) is 11.5 Å². The zero-order valence-electron chi connectivity index (χ0n) is 18.9. The number of hydrogen-bond acceptors (Lipinski definition) is 4. The largest absolute Gasteiger partial charge is 0.457 e. The first-order chi connectivity index (χ1) is 16.2. The number of rotatable bonds is 7. The summed E-state index contributed by atoms with van der Waals surface area (Å²) in [5.41, 5.74) is 0.726. The molecule has 180 valence electrons. The van der Waals surface area contributed by atoms with Gasteiger partial charge < -0.3 is 10.1 Å². The molecule has 0 aliphatic heterocycles. The van der Waals surface area contributed by atoms with E-state index in [0.717, 1.165) is 11.6 Å². The number of aromatic nitrogens is 1. The number of carbonyl (C=O) groups is 1. The summed E-state index contributed by atoms with van der Waals surface area (Å²) in [6.07, 6.45) is -2.38. The topological polar surface area (TPSA) is 51.2 Å². The average molecular weight is 509 g/mol. The molecular formula is C25H24ClF3N2O2S. The summed E-state index contributed by atoms with van der Waals surface area (Å²) < 4.78 is 44.9. The molecule has 1 amide bonds. The van der Waals surface area contributed by atoms with E-state index in [4.69, 9.17) is 28.6 Å². The van der Waals surface area contributed by atoms with E-state index >= 15 is 0 Å². The molecule has 3 aromatic rings. The first-order valence-corrected chi connectivity index (χ1v) is 11.3. The fourth-order valence-electron chi connectivity index (χ4n) is 2.96. The minimum Gasteiger partial charge on any atom is -0.457 e. The van der Waals surface area contributed by atoms with Gasteiger partial charge in [-0.25, -0.2) is 0 Å². The molecule has 1 heterocycles. The van der Waals surface area contributed by atoms with Crippen LogP contribution < -0.4 is 10.1 Å². The summed E-state index contributed by atoms with van der Waals surface area (Å²) in [4.78, 5) is 16.3. The van der Waals surface area contributed by atoms with E-state index in [-0.39, 0.29) is 23.0 Å². The zero-order valence-corrected chi connectivity index (χ0v) is 20.4. The predicted molar refractivity (Wildman–Crippen MR) is 132 cm³/mol. The lowest BCUT2D eigenvalue weighted by Gasteiger charge is -2.12. The van der Waals surface area contributed by atoms with Crippen molar-refractivity contribution in [1.29, 1.82) is 0 Å². The Hall–Kier alpha value is -2.97. The molecule has 0 bridgehead atoms. The monoisotopic (exact) mass is 508 g/mol. The molecule has 9 heteroatoms. The van der Waals surface area contributed by atoms with Crippen LogP contribution in [0.1, 0.15) is 41.0 Å². The fourth-order valence-corrected chi connectivity index (χ4v) is 3.51. The first-order valence-electron chi connectivity index (χ1n) is 10.5. The lowest BCUT2D eigenvalue weighted by molar-refractivity contribution is -0.137. The van der Waals surface area contributed by atoms with Crippen LogP contribution in [0.15, 0.2) is 60.8 Å². The lowest BCUT2D eigenvalue weighted by atomic mass is 10.0. The van der Waals surface area contributed by atoms with Gasteiger partial charge in [0.2, 0.25) is 0 Å². The number of nitrogens with zero attached hydrogens (tertiary/aromatic N) is 1. The van der Waals surface area contributed by atoms with Crippen molar-refractivity contribution in [2.24, 2.45) is 0 Å². The molecule has 0 aliphatic rings. The molecule has 0 radical (unpaired) electrons. The van der Waals surface area contributed by atoms with Gasteiger partial charge in [-0.3, -0.25) is 9.78 Å². The van der Waals surface area contributed by atoms with Crippen molar-refractivity contribution in [2.75, 3.05) is 7.05 Å². The van der Waals surface area contributed by atoms with Gasteiger partial charge in [-0.2, -0.15) is 13.2 Å². The molecule has 0 atom stereocenters. The third-order valence-corrected chi connectivity index (χ3v) is 5.11. The molecule has 0 saturated carbocycles. The van der Waals surface area contributed by atoms with Crippen LogP contribution in [0.5, 0.6) is 11.5 Å². The summed E-state index contributed by atoms with van der Waals surface area (Å²) in [7, 11) is 1.52. The number of halogens is 4. The number of ether oxygens (including phenoxy) is 1. The lowest BCUT2D eigenvalue weighted by Crippen LogP contribution is -2.18. The number of benzene rings is 2. The van der Waals surface area contributed by atoms with Gasteiger partial charge in [-0.1, -0.05) is 55.9 Å². The third-order valence-electron chi connectivity index (χ3n) is 4.49. The van der Waals surface area contributed by atoms with Gasteiger partial charge in [0.1, 0.15) is 17.2 Å². The van der Waals surface area contributed by atoms with Crippen LogP contribution in [-0.4, -0.2) is 22.8 Å². The van der Waals surface area contributed by atoms with Gasteiger partial charge in [-0.15, -0.1) is 0 Å². The Morgan fingerprint density at radius 2 is 1.62 bits per heavy atom. The van der Waals surface area contributed by atoms with Crippen LogP contribution in [0.3, 0.4) is 0 Å². The van der Waals surface area contributed by atoms with Crippen molar-refractivity contribution in [1.82, 2.24) is 10.3 Å². The van der Waals surface area contributed by atoms with E-state index in [1.165, 1.54) is 25.4 Å². The second-order valence-electron chi connectivity index (χ2n) is 6.91. The normalized spacial score (nSPS) is 10.7. The van der Waals surface area contributed by atoms with Gasteiger partial charge >= 0.3 is 6.18 Å². The SMILES string of the molecule is CC.CNC(=O)c1cc(Oc2ccc(CC(=S)Cc3ccc(Cl)c(C(F)(F)F)c3)cc2)ccn1. The highest BCUT2D eigenvalue weighted by atomic mass is 35.5. The van der Waals surface area contributed by atoms with Gasteiger partial charge in [0.15, 0.2) is 0 Å². The van der Waals surface area contributed by atoms with Gasteiger partial charge in [-0.05, 0) is 41.5 Å². The third kappa shape index (κ3) is 7.81. The van der Waals surface area contributed by atoms with Crippen LogP contribution in [0, 0.1) is 0 Å². The standard InChI is InChI=1S/C23H18ClF3N2O2S.C2H6/c1-28-22(30)21-13-17(8-9-29-21)31-16-5-2-14(3-6-16)10-18(32)11-15-4-7-20(24)19(12-15)23(25,26)27;1-2/h2-9,12-13H,10-11H2,1H3,(H,28,30);1-2H3. The average Bonchev–Trinajstić information content (AvgIpc) is 2.82. The maximum Gasteiger partial charge on any atom is 0.417 e. The maximum atomic E-state index is 13.0. The Balaban J connectivity index is 0.00000199. The molecule has 3 rings (SSSR count). The molecule has 1 aromatic heterocycles. The first kappa shape index (κ1) is 27.3. The summed E-state index contributed by atoms with van der Waals surface area (Å²) in [5, 5.41) is 2.16.